The van der Waals surface area contributed by atoms with E-state index in [1.54, 1.807) is 0 Å². The van der Waals surface area contributed by atoms with Crippen molar-refractivity contribution in [3.63, 3.8) is 0 Å². The topological polar surface area (TPSA) is 111 Å². The minimum absolute atomic E-state index is 0.00853. The van der Waals surface area contributed by atoms with Crippen LogP contribution in [-0.2, 0) is 20.0 Å². The lowest BCUT2D eigenvalue weighted by atomic mass is 10.1. The normalized spacial score (nSPS) is 11.6. The SMILES string of the molecule is COc1ccc(S(=O)(=O)Nc2ccc(S(=O)(=O)Nc3c(C)cccc3C)cc2)cc1OC. The number of para-hydroxylation sites is 1. The van der Waals surface area contributed by atoms with Crippen LogP contribution in [0.1, 0.15) is 11.1 Å². The van der Waals surface area contributed by atoms with Gasteiger partial charge in [0.2, 0.25) is 0 Å². The maximum absolute atomic E-state index is 12.8. The first-order valence-electron chi connectivity index (χ1n) is 9.51. The van der Waals surface area contributed by atoms with E-state index >= 15 is 0 Å². The zero-order valence-electron chi connectivity index (χ0n) is 18.0. The number of sulfonamides is 2. The Morgan fingerprint density at radius 2 is 1.19 bits per heavy atom. The number of hydrogen-bond acceptors (Lipinski definition) is 6. The van der Waals surface area contributed by atoms with Gasteiger partial charge in [0, 0.05) is 11.8 Å². The van der Waals surface area contributed by atoms with Crippen LogP contribution >= 0.6 is 0 Å². The summed E-state index contributed by atoms with van der Waals surface area (Å²) in [7, 11) is -4.91. The smallest absolute Gasteiger partial charge is 0.262 e. The summed E-state index contributed by atoms with van der Waals surface area (Å²) in [5, 5.41) is 0. The minimum atomic E-state index is -3.93. The molecule has 10 heteroatoms. The van der Waals surface area contributed by atoms with Crippen molar-refractivity contribution in [2.45, 2.75) is 23.6 Å². The second-order valence-corrected chi connectivity index (χ2v) is 10.4. The zero-order chi connectivity index (χ0) is 23.5. The van der Waals surface area contributed by atoms with Gasteiger partial charge in [-0.1, -0.05) is 18.2 Å². The molecule has 3 rings (SSSR count). The molecule has 2 N–H and O–H groups in total. The molecular formula is C22H24N2O6S2. The second kappa shape index (κ2) is 9.09. The van der Waals surface area contributed by atoms with Crippen molar-refractivity contribution >= 4 is 31.4 Å². The van der Waals surface area contributed by atoms with Crippen molar-refractivity contribution in [3.05, 3.63) is 71.8 Å². The molecule has 0 amide bonds. The Hall–Kier alpha value is -3.24. The van der Waals surface area contributed by atoms with Crippen LogP contribution in [0.5, 0.6) is 11.5 Å². The molecule has 3 aromatic carbocycles. The van der Waals surface area contributed by atoms with Gasteiger partial charge in [0.25, 0.3) is 20.0 Å². The molecule has 0 unspecified atom stereocenters. The Kier molecular flexibility index (Phi) is 6.65. The maximum Gasteiger partial charge on any atom is 0.262 e. The number of methoxy groups -OCH3 is 2. The van der Waals surface area contributed by atoms with E-state index in [2.05, 4.69) is 9.44 Å². The summed E-state index contributed by atoms with van der Waals surface area (Å²) in [5.41, 5.74) is 2.33. The molecule has 0 aliphatic heterocycles. The number of anilines is 2. The number of aryl methyl sites for hydroxylation is 2. The number of ether oxygens (including phenoxy) is 2. The molecular weight excluding hydrogens is 452 g/mol. The first-order chi connectivity index (χ1) is 15.1. The van der Waals surface area contributed by atoms with Crippen LogP contribution in [0.4, 0.5) is 11.4 Å². The first kappa shape index (κ1) is 23.4. The van der Waals surface area contributed by atoms with Crippen molar-refractivity contribution in [1.82, 2.24) is 0 Å². The van der Waals surface area contributed by atoms with Gasteiger partial charge in [0.05, 0.1) is 29.7 Å². The molecule has 0 heterocycles. The van der Waals surface area contributed by atoms with E-state index in [9.17, 15) is 16.8 Å². The highest BCUT2D eigenvalue weighted by Crippen LogP contribution is 2.30. The molecule has 0 aliphatic rings. The third-order valence-corrected chi connectivity index (χ3v) is 7.54. The Morgan fingerprint density at radius 3 is 1.75 bits per heavy atom. The molecule has 170 valence electrons. The van der Waals surface area contributed by atoms with Crippen molar-refractivity contribution in [2.75, 3.05) is 23.7 Å². The number of rotatable bonds is 8. The Bertz CT molecular complexity index is 1320. The summed E-state index contributed by atoms with van der Waals surface area (Å²) in [6.07, 6.45) is 0. The summed E-state index contributed by atoms with van der Waals surface area (Å²) in [4.78, 5) is -0.0160. The lowest BCUT2D eigenvalue weighted by Gasteiger charge is -2.14. The fraction of sp³-hybridized carbons (Fsp3) is 0.182. The Labute approximate surface area is 188 Å². The minimum Gasteiger partial charge on any atom is -0.493 e. The van der Waals surface area contributed by atoms with E-state index < -0.39 is 20.0 Å². The summed E-state index contributed by atoms with van der Waals surface area (Å²) in [5.74, 6) is 0.673. The van der Waals surface area contributed by atoms with Gasteiger partial charge < -0.3 is 9.47 Å². The van der Waals surface area contributed by atoms with Gasteiger partial charge in [-0.05, 0) is 61.4 Å². The molecule has 0 aliphatic carbocycles. The highest BCUT2D eigenvalue weighted by molar-refractivity contribution is 7.93. The molecule has 0 saturated carbocycles. The van der Waals surface area contributed by atoms with E-state index in [1.807, 2.05) is 32.0 Å². The van der Waals surface area contributed by atoms with Gasteiger partial charge in [-0.2, -0.15) is 0 Å². The molecule has 0 atom stereocenters. The number of nitrogens with one attached hydrogen (secondary N) is 2. The monoisotopic (exact) mass is 476 g/mol. The average molecular weight is 477 g/mol. The summed E-state index contributed by atoms with van der Waals surface area (Å²) >= 11 is 0. The van der Waals surface area contributed by atoms with E-state index in [0.717, 1.165) is 11.1 Å². The highest BCUT2D eigenvalue weighted by atomic mass is 32.2. The third-order valence-electron chi connectivity index (χ3n) is 4.80. The molecule has 0 bridgehead atoms. The molecule has 32 heavy (non-hydrogen) atoms. The van der Waals surface area contributed by atoms with Crippen LogP contribution in [0.25, 0.3) is 0 Å². The zero-order valence-corrected chi connectivity index (χ0v) is 19.7. The quantitative estimate of drug-likeness (QED) is 0.510. The Balaban J connectivity index is 1.82. The van der Waals surface area contributed by atoms with Crippen LogP contribution in [0, 0.1) is 13.8 Å². The molecule has 8 nitrogen and oxygen atoms in total. The van der Waals surface area contributed by atoms with Gasteiger partial charge in [0.15, 0.2) is 11.5 Å². The van der Waals surface area contributed by atoms with E-state index in [1.165, 1.54) is 56.7 Å². The summed E-state index contributed by atoms with van der Waals surface area (Å²) < 4.78 is 66.3. The van der Waals surface area contributed by atoms with Crippen molar-refractivity contribution < 1.29 is 26.3 Å². The van der Waals surface area contributed by atoms with Gasteiger partial charge in [-0.3, -0.25) is 9.44 Å². The van der Waals surface area contributed by atoms with Gasteiger partial charge in [-0.15, -0.1) is 0 Å². The maximum atomic E-state index is 12.8. The van der Waals surface area contributed by atoms with Crippen LogP contribution in [0.2, 0.25) is 0 Å². The molecule has 0 spiro atoms. The van der Waals surface area contributed by atoms with Gasteiger partial charge in [0.1, 0.15) is 0 Å². The van der Waals surface area contributed by atoms with Crippen LogP contribution in [0.15, 0.2) is 70.5 Å². The molecule has 0 aromatic heterocycles. The fourth-order valence-corrected chi connectivity index (χ4v) is 5.35. The molecule has 0 radical (unpaired) electrons. The number of hydrogen-bond donors (Lipinski definition) is 2. The van der Waals surface area contributed by atoms with Crippen molar-refractivity contribution in [3.8, 4) is 11.5 Å². The summed E-state index contributed by atoms with van der Waals surface area (Å²) in [6.45, 7) is 3.63. The van der Waals surface area contributed by atoms with E-state index in [-0.39, 0.29) is 21.2 Å². The third kappa shape index (κ3) is 4.97. The number of benzene rings is 3. The summed E-state index contributed by atoms with van der Waals surface area (Å²) in [6, 6.07) is 15.1. The average Bonchev–Trinajstić information content (AvgIpc) is 2.76. The molecule has 0 saturated heterocycles. The fourth-order valence-electron chi connectivity index (χ4n) is 3.07. The van der Waals surface area contributed by atoms with Gasteiger partial charge in [-0.25, -0.2) is 16.8 Å². The Morgan fingerprint density at radius 1 is 0.656 bits per heavy atom. The predicted octanol–water partition coefficient (Wildman–Crippen LogP) is 3.92. The largest absolute Gasteiger partial charge is 0.493 e. The van der Waals surface area contributed by atoms with Crippen LogP contribution < -0.4 is 18.9 Å². The second-order valence-electron chi connectivity index (χ2n) is 7.02. The standard InChI is InChI=1S/C22H24N2O6S2/c1-15-6-5-7-16(2)22(15)24-31(25,26)18-10-8-17(9-11-18)23-32(27,28)19-12-13-20(29-3)21(14-19)30-4/h5-14,23-24H,1-4H3. The predicted molar refractivity (Wildman–Crippen MR) is 124 cm³/mol. The van der Waals surface area contributed by atoms with Crippen molar-refractivity contribution in [1.29, 1.82) is 0 Å². The molecule has 0 fully saturated rings. The lowest BCUT2D eigenvalue weighted by molar-refractivity contribution is 0.354. The van der Waals surface area contributed by atoms with E-state index in [0.29, 0.717) is 11.4 Å². The van der Waals surface area contributed by atoms with Crippen LogP contribution in [-0.4, -0.2) is 31.1 Å². The highest BCUT2D eigenvalue weighted by Gasteiger charge is 2.19. The lowest BCUT2D eigenvalue weighted by Crippen LogP contribution is -2.15. The first-order valence-corrected chi connectivity index (χ1v) is 12.5. The van der Waals surface area contributed by atoms with Crippen molar-refractivity contribution in [2.24, 2.45) is 0 Å². The molecule has 3 aromatic rings. The van der Waals surface area contributed by atoms with E-state index in [4.69, 9.17) is 9.47 Å². The van der Waals surface area contributed by atoms with Crippen LogP contribution in [0.3, 0.4) is 0 Å². The van der Waals surface area contributed by atoms with Gasteiger partial charge >= 0.3 is 0 Å².